The number of nitrogen functional groups attached to an aromatic ring is 1. The summed E-state index contributed by atoms with van der Waals surface area (Å²) in [5.74, 6) is -0.0181. The second-order valence-electron chi connectivity index (χ2n) is 3.00. The SMILES string of the molecule is C=CCCC(=O)Nc1cccc(N)c1. The molecule has 3 heteroatoms. The Morgan fingerprint density at radius 1 is 1.57 bits per heavy atom. The van der Waals surface area contributed by atoms with Crippen LogP contribution >= 0.6 is 0 Å². The van der Waals surface area contributed by atoms with Crippen LogP contribution in [0.5, 0.6) is 0 Å². The van der Waals surface area contributed by atoms with E-state index in [0.717, 1.165) is 5.69 Å². The monoisotopic (exact) mass is 190 g/mol. The molecular weight excluding hydrogens is 176 g/mol. The van der Waals surface area contributed by atoms with Crippen molar-refractivity contribution >= 4 is 17.3 Å². The van der Waals surface area contributed by atoms with Crippen molar-refractivity contribution in [1.29, 1.82) is 0 Å². The van der Waals surface area contributed by atoms with Crippen LogP contribution < -0.4 is 11.1 Å². The van der Waals surface area contributed by atoms with Crippen LogP contribution in [-0.2, 0) is 4.79 Å². The number of nitrogens with one attached hydrogen (secondary N) is 1. The first-order valence-corrected chi connectivity index (χ1v) is 4.48. The van der Waals surface area contributed by atoms with E-state index in [0.29, 0.717) is 18.5 Å². The summed E-state index contributed by atoms with van der Waals surface area (Å²) in [6, 6.07) is 7.12. The number of hydrogen-bond donors (Lipinski definition) is 2. The lowest BCUT2D eigenvalue weighted by atomic mass is 10.2. The van der Waals surface area contributed by atoms with Gasteiger partial charge in [0, 0.05) is 17.8 Å². The van der Waals surface area contributed by atoms with Crippen molar-refractivity contribution in [3.8, 4) is 0 Å². The molecule has 14 heavy (non-hydrogen) atoms. The highest BCUT2D eigenvalue weighted by molar-refractivity contribution is 5.91. The van der Waals surface area contributed by atoms with Gasteiger partial charge in [-0.15, -0.1) is 6.58 Å². The normalized spacial score (nSPS) is 9.43. The number of anilines is 2. The average molecular weight is 190 g/mol. The molecule has 1 rings (SSSR count). The summed E-state index contributed by atoms with van der Waals surface area (Å²) >= 11 is 0. The van der Waals surface area contributed by atoms with Crippen LogP contribution in [0.3, 0.4) is 0 Å². The maximum Gasteiger partial charge on any atom is 0.224 e. The second-order valence-corrected chi connectivity index (χ2v) is 3.00. The highest BCUT2D eigenvalue weighted by atomic mass is 16.1. The smallest absolute Gasteiger partial charge is 0.224 e. The van der Waals surface area contributed by atoms with Crippen molar-refractivity contribution < 1.29 is 4.79 Å². The molecule has 0 spiro atoms. The maximum atomic E-state index is 11.3. The number of hydrogen-bond acceptors (Lipinski definition) is 2. The van der Waals surface area contributed by atoms with Gasteiger partial charge in [-0.3, -0.25) is 4.79 Å². The Hall–Kier alpha value is -1.77. The Morgan fingerprint density at radius 2 is 2.36 bits per heavy atom. The summed E-state index contributed by atoms with van der Waals surface area (Å²) in [4.78, 5) is 11.3. The van der Waals surface area contributed by atoms with Gasteiger partial charge in [0.1, 0.15) is 0 Å². The fraction of sp³-hybridized carbons (Fsp3) is 0.182. The zero-order valence-corrected chi connectivity index (χ0v) is 7.99. The molecule has 3 nitrogen and oxygen atoms in total. The zero-order valence-electron chi connectivity index (χ0n) is 7.99. The Balaban J connectivity index is 2.51. The zero-order chi connectivity index (χ0) is 10.4. The number of rotatable bonds is 4. The molecular formula is C11H14N2O. The van der Waals surface area contributed by atoms with Gasteiger partial charge < -0.3 is 11.1 Å². The molecule has 1 aromatic rings. The van der Waals surface area contributed by atoms with Crippen molar-refractivity contribution in [2.75, 3.05) is 11.1 Å². The van der Waals surface area contributed by atoms with Gasteiger partial charge >= 0.3 is 0 Å². The molecule has 0 saturated carbocycles. The van der Waals surface area contributed by atoms with Gasteiger partial charge in [-0.25, -0.2) is 0 Å². The molecule has 0 aliphatic heterocycles. The van der Waals surface area contributed by atoms with Crippen LogP contribution in [-0.4, -0.2) is 5.91 Å². The van der Waals surface area contributed by atoms with Gasteiger partial charge in [0.15, 0.2) is 0 Å². The van der Waals surface area contributed by atoms with Gasteiger partial charge in [-0.1, -0.05) is 12.1 Å². The first kappa shape index (κ1) is 10.3. The standard InChI is InChI=1S/C11H14N2O/c1-2-3-7-11(14)13-10-6-4-5-9(12)8-10/h2,4-6,8H,1,3,7,12H2,(H,13,14). The third-order valence-electron chi connectivity index (χ3n) is 1.75. The van der Waals surface area contributed by atoms with Crippen LogP contribution in [0.25, 0.3) is 0 Å². The highest BCUT2D eigenvalue weighted by Gasteiger charge is 2.00. The molecule has 0 aliphatic rings. The van der Waals surface area contributed by atoms with Crippen LogP contribution in [0.2, 0.25) is 0 Å². The molecule has 0 unspecified atom stereocenters. The predicted octanol–water partition coefficient (Wildman–Crippen LogP) is 2.17. The second kappa shape index (κ2) is 5.07. The van der Waals surface area contributed by atoms with Crippen molar-refractivity contribution in [1.82, 2.24) is 0 Å². The lowest BCUT2D eigenvalue weighted by Crippen LogP contribution is -2.10. The topological polar surface area (TPSA) is 55.1 Å². The van der Waals surface area contributed by atoms with Crippen LogP contribution in [0.15, 0.2) is 36.9 Å². The molecule has 1 amide bonds. The number of benzene rings is 1. The Bertz CT molecular complexity index is 334. The lowest BCUT2D eigenvalue weighted by molar-refractivity contribution is -0.116. The largest absolute Gasteiger partial charge is 0.399 e. The summed E-state index contributed by atoms with van der Waals surface area (Å²) in [5.41, 5.74) is 6.95. The quantitative estimate of drug-likeness (QED) is 0.564. The molecule has 74 valence electrons. The number of allylic oxidation sites excluding steroid dienone is 1. The number of carbonyl (C=O) groups excluding carboxylic acids is 1. The van der Waals surface area contributed by atoms with E-state index >= 15 is 0 Å². The summed E-state index contributed by atoms with van der Waals surface area (Å²) in [7, 11) is 0. The van der Waals surface area contributed by atoms with Gasteiger partial charge in [-0.2, -0.15) is 0 Å². The molecule has 0 fully saturated rings. The van der Waals surface area contributed by atoms with Crippen molar-refractivity contribution in [3.05, 3.63) is 36.9 Å². The van der Waals surface area contributed by atoms with E-state index < -0.39 is 0 Å². The predicted molar refractivity (Wildman–Crippen MR) is 58.9 cm³/mol. The minimum atomic E-state index is -0.0181. The fourth-order valence-corrected chi connectivity index (χ4v) is 1.07. The number of amides is 1. The summed E-state index contributed by atoms with van der Waals surface area (Å²) in [6.07, 6.45) is 2.87. The maximum absolute atomic E-state index is 11.3. The van der Waals surface area contributed by atoms with Gasteiger partial charge in [0.2, 0.25) is 5.91 Å². The van der Waals surface area contributed by atoms with Crippen LogP contribution in [0.4, 0.5) is 11.4 Å². The van der Waals surface area contributed by atoms with Crippen LogP contribution in [0, 0.1) is 0 Å². The van der Waals surface area contributed by atoms with E-state index in [-0.39, 0.29) is 5.91 Å². The van der Waals surface area contributed by atoms with E-state index in [1.165, 1.54) is 0 Å². The van der Waals surface area contributed by atoms with Gasteiger partial charge in [-0.05, 0) is 24.6 Å². The van der Waals surface area contributed by atoms with E-state index in [1.807, 2.05) is 6.07 Å². The van der Waals surface area contributed by atoms with Crippen molar-refractivity contribution in [2.24, 2.45) is 0 Å². The van der Waals surface area contributed by atoms with Gasteiger partial charge in [0.05, 0.1) is 0 Å². The average Bonchev–Trinajstić information content (AvgIpc) is 2.15. The molecule has 0 heterocycles. The summed E-state index contributed by atoms with van der Waals surface area (Å²) in [5, 5.41) is 2.75. The molecule has 0 radical (unpaired) electrons. The third-order valence-corrected chi connectivity index (χ3v) is 1.75. The highest BCUT2D eigenvalue weighted by Crippen LogP contribution is 2.12. The summed E-state index contributed by atoms with van der Waals surface area (Å²) < 4.78 is 0. The molecule has 3 N–H and O–H groups in total. The number of nitrogens with two attached hydrogens (primary N) is 1. The van der Waals surface area contributed by atoms with E-state index in [9.17, 15) is 4.79 Å². The van der Waals surface area contributed by atoms with E-state index in [4.69, 9.17) is 5.73 Å². The minimum Gasteiger partial charge on any atom is -0.399 e. The third kappa shape index (κ3) is 3.31. The van der Waals surface area contributed by atoms with Crippen molar-refractivity contribution in [3.63, 3.8) is 0 Å². The molecule has 0 bridgehead atoms. The first-order chi connectivity index (χ1) is 6.72. The number of carbonyl (C=O) groups is 1. The summed E-state index contributed by atoms with van der Waals surface area (Å²) in [6.45, 7) is 3.55. The Labute approximate surface area is 83.6 Å². The van der Waals surface area contributed by atoms with Crippen molar-refractivity contribution in [2.45, 2.75) is 12.8 Å². The molecule has 0 atom stereocenters. The Morgan fingerprint density at radius 3 is 3.00 bits per heavy atom. The Kier molecular flexibility index (Phi) is 3.73. The van der Waals surface area contributed by atoms with E-state index in [1.54, 1.807) is 24.3 Å². The van der Waals surface area contributed by atoms with E-state index in [2.05, 4.69) is 11.9 Å². The van der Waals surface area contributed by atoms with Crippen LogP contribution in [0.1, 0.15) is 12.8 Å². The molecule has 0 aromatic heterocycles. The van der Waals surface area contributed by atoms with Gasteiger partial charge in [0.25, 0.3) is 0 Å². The molecule has 0 aliphatic carbocycles. The first-order valence-electron chi connectivity index (χ1n) is 4.48. The fourth-order valence-electron chi connectivity index (χ4n) is 1.07. The lowest BCUT2D eigenvalue weighted by Gasteiger charge is -2.04. The minimum absolute atomic E-state index is 0.0181. The molecule has 1 aromatic carbocycles. The molecule has 0 saturated heterocycles.